The van der Waals surface area contributed by atoms with E-state index >= 15 is 0 Å². The molecule has 4 amide bonds. The van der Waals surface area contributed by atoms with Crippen LogP contribution in [0.15, 0.2) is 97.1 Å². The van der Waals surface area contributed by atoms with Crippen molar-refractivity contribution in [3.8, 4) is 5.75 Å². The first-order valence-electron chi connectivity index (χ1n) is 20.6. The molecular weight excluding hydrogens is 750 g/mol. The van der Waals surface area contributed by atoms with Gasteiger partial charge in [0.2, 0.25) is 11.8 Å². The van der Waals surface area contributed by atoms with Crippen LogP contribution in [0.2, 0.25) is 0 Å². The lowest BCUT2D eigenvalue weighted by Crippen LogP contribution is -2.55. The Morgan fingerprint density at radius 1 is 0.707 bits per heavy atom. The standard InChI is InChI=1S/C47H48ClN5O5/c48-23-20-39(31-4-2-1-3-5-31)44(33-8-15-38(54)16-9-33)32-6-10-34(11-7-32)51-24-21-30(22-25-51)27-50-28-36-12-13-37(29-50)52(36)35-14-17-40-41(26-35)47(58)53(46(40)57)42-18-19-43(55)49-45(42)56/h1-11,14-17,26,30,36-37,42,54H,12-13,18-25,27-29H2,(H,49,55,56). The van der Waals surface area contributed by atoms with E-state index in [-0.39, 0.29) is 24.5 Å². The maximum atomic E-state index is 13.5. The largest absolute Gasteiger partial charge is 0.508 e. The smallest absolute Gasteiger partial charge is 0.262 e. The third kappa shape index (κ3) is 7.28. The number of hydrogen-bond donors (Lipinski definition) is 2. The number of nitrogens with one attached hydrogen (secondary N) is 1. The van der Waals surface area contributed by atoms with Crippen LogP contribution in [0.5, 0.6) is 5.75 Å². The van der Waals surface area contributed by atoms with Crippen LogP contribution in [-0.2, 0) is 9.59 Å². The van der Waals surface area contributed by atoms with Crippen LogP contribution in [0.3, 0.4) is 0 Å². The predicted octanol–water partition coefficient (Wildman–Crippen LogP) is 6.95. The number of carbonyl (C=O) groups excluding carboxylic acids is 4. The van der Waals surface area contributed by atoms with Gasteiger partial charge in [0.1, 0.15) is 11.8 Å². The molecule has 2 bridgehead atoms. The van der Waals surface area contributed by atoms with Crippen molar-refractivity contribution >= 4 is 57.8 Å². The number of carbonyl (C=O) groups is 4. The summed E-state index contributed by atoms with van der Waals surface area (Å²) < 4.78 is 0. The Bertz CT molecular complexity index is 2240. The van der Waals surface area contributed by atoms with E-state index in [9.17, 15) is 24.3 Å². The predicted molar refractivity (Wildman–Crippen MR) is 226 cm³/mol. The monoisotopic (exact) mass is 797 g/mol. The third-order valence-corrected chi connectivity index (χ3v) is 13.0. The number of allylic oxidation sites excluding steroid dienone is 1. The number of alkyl halides is 1. The van der Waals surface area contributed by atoms with Crippen LogP contribution in [0.25, 0.3) is 11.1 Å². The molecule has 10 nitrogen and oxygen atoms in total. The highest BCUT2D eigenvalue weighted by Gasteiger charge is 2.46. The van der Waals surface area contributed by atoms with Crippen molar-refractivity contribution in [3.63, 3.8) is 0 Å². The van der Waals surface area contributed by atoms with Crippen molar-refractivity contribution in [2.45, 2.75) is 63.1 Å². The molecule has 4 fully saturated rings. The highest BCUT2D eigenvalue weighted by molar-refractivity contribution is 6.23. The summed E-state index contributed by atoms with van der Waals surface area (Å²) in [6, 6.07) is 32.0. The number of anilines is 2. The number of imide groups is 2. The first-order chi connectivity index (χ1) is 28.2. The number of likely N-dealkylation sites (tertiary alicyclic amines) is 1. The zero-order chi connectivity index (χ0) is 39.9. The van der Waals surface area contributed by atoms with Crippen molar-refractivity contribution in [1.82, 2.24) is 15.1 Å². The quantitative estimate of drug-likeness (QED) is 0.101. The minimum Gasteiger partial charge on any atom is -0.508 e. The van der Waals surface area contributed by atoms with Crippen LogP contribution >= 0.6 is 11.6 Å². The Morgan fingerprint density at radius 2 is 1.34 bits per heavy atom. The molecule has 5 heterocycles. The zero-order valence-corrected chi connectivity index (χ0v) is 33.2. The molecule has 4 aromatic carbocycles. The highest BCUT2D eigenvalue weighted by Crippen LogP contribution is 2.40. The van der Waals surface area contributed by atoms with Crippen LogP contribution in [0, 0.1) is 5.92 Å². The molecule has 5 aliphatic heterocycles. The summed E-state index contributed by atoms with van der Waals surface area (Å²) in [5.74, 6) is -0.531. The minimum atomic E-state index is -0.964. The molecule has 5 aliphatic rings. The fourth-order valence-corrected chi connectivity index (χ4v) is 10.2. The number of hydrogen-bond acceptors (Lipinski definition) is 8. The van der Waals surface area contributed by atoms with Gasteiger partial charge in [-0.05, 0) is 115 Å². The molecule has 58 heavy (non-hydrogen) atoms. The molecule has 0 radical (unpaired) electrons. The molecule has 298 valence electrons. The van der Waals surface area contributed by atoms with Gasteiger partial charge < -0.3 is 14.9 Å². The molecule has 0 aliphatic carbocycles. The van der Waals surface area contributed by atoms with Gasteiger partial charge in [0.05, 0.1) is 11.1 Å². The lowest BCUT2D eigenvalue weighted by molar-refractivity contribution is -0.136. The number of aromatic hydroxyl groups is 1. The Hall–Kier alpha value is -5.45. The van der Waals surface area contributed by atoms with Crippen LogP contribution < -0.4 is 15.1 Å². The van der Waals surface area contributed by atoms with Crippen molar-refractivity contribution < 1.29 is 24.3 Å². The number of nitrogens with zero attached hydrogens (tertiary/aromatic N) is 4. The van der Waals surface area contributed by atoms with Gasteiger partial charge in [0, 0.05) is 68.5 Å². The SMILES string of the molecule is O=C1CCC(N2C(=O)c3ccc(N4C5CCC4CN(CC4CCN(c6ccc(C(=C(CCCl)c7ccccc7)c7ccc(O)cc7)cc6)CC4)C5)cc3C2=O)C(=O)N1. The van der Waals surface area contributed by atoms with Crippen LogP contribution in [0.4, 0.5) is 11.4 Å². The summed E-state index contributed by atoms with van der Waals surface area (Å²) in [5, 5.41) is 12.3. The van der Waals surface area contributed by atoms with E-state index < -0.39 is 23.8 Å². The maximum Gasteiger partial charge on any atom is 0.262 e. The first-order valence-corrected chi connectivity index (χ1v) is 21.1. The fraction of sp³-hybridized carbons (Fsp3) is 0.362. The van der Waals surface area contributed by atoms with Crippen LogP contribution in [-0.4, -0.2) is 95.3 Å². The van der Waals surface area contributed by atoms with Gasteiger partial charge in [-0.2, -0.15) is 0 Å². The molecule has 2 N–H and O–H groups in total. The Balaban J connectivity index is 0.832. The van der Waals surface area contributed by atoms with E-state index in [1.54, 1.807) is 18.2 Å². The number of fused-ring (bicyclic) bond motifs is 3. The molecular formula is C47H48ClN5O5. The molecule has 0 spiro atoms. The van der Waals surface area contributed by atoms with E-state index in [2.05, 4.69) is 68.5 Å². The molecule has 4 saturated heterocycles. The summed E-state index contributed by atoms with van der Waals surface area (Å²) in [5.41, 5.74) is 8.46. The van der Waals surface area contributed by atoms with E-state index in [1.165, 1.54) is 11.3 Å². The van der Waals surface area contributed by atoms with E-state index in [0.29, 0.717) is 35.0 Å². The number of piperazine rings is 1. The highest BCUT2D eigenvalue weighted by atomic mass is 35.5. The number of benzene rings is 4. The van der Waals surface area contributed by atoms with Crippen molar-refractivity contribution in [1.29, 1.82) is 0 Å². The average molecular weight is 798 g/mol. The van der Waals surface area contributed by atoms with Crippen LogP contribution in [0.1, 0.15) is 82.4 Å². The Kier molecular flexibility index (Phi) is 10.6. The molecule has 11 heteroatoms. The van der Waals surface area contributed by atoms with Gasteiger partial charge in [-0.3, -0.25) is 34.3 Å². The average Bonchev–Trinajstić information content (AvgIpc) is 3.65. The number of phenols is 1. The lowest BCUT2D eigenvalue weighted by Gasteiger charge is -2.44. The Morgan fingerprint density at radius 3 is 2.00 bits per heavy atom. The zero-order valence-electron chi connectivity index (χ0n) is 32.5. The second-order valence-corrected chi connectivity index (χ2v) is 16.7. The molecule has 0 saturated carbocycles. The van der Waals surface area contributed by atoms with Gasteiger partial charge >= 0.3 is 0 Å². The second kappa shape index (κ2) is 16.1. The number of amides is 4. The van der Waals surface area contributed by atoms with Gasteiger partial charge in [-0.25, -0.2) is 0 Å². The summed E-state index contributed by atoms with van der Waals surface area (Å²) in [4.78, 5) is 59.7. The lowest BCUT2D eigenvalue weighted by atomic mass is 9.88. The topological polar surface area (TPSA) is 114 Å². The molecule has 3 unspecified atom stereocenters. The normalized spacial score (nSPS) is 23.0. The number of halogens is 1. The fourth-order valence-electron chi connectivity index (χ4n) is 10.0. The van der Waals surface area contributed by atoms with E-state index in [0.717, 1.165) is 97.7 Å². The van der Waals surface area contributed by atoms with Gasteiger partial charge in [0.15, 0.2) is 0 Å². The van der Waals surface area contributed by atoms with Gasteiger partial charge in [-0.15, -0.1) is 11.6 Å². The Labute approximate surface area is 344 Å². The molecule has 0 aromatic heterocycles. The number of phenolic OH excluding ortho intramolecular Hbond substituents is 1. The maximum absolute atomic E-state index is 13.5. The molecule has 4 aromatic rings. The van der Waals surface area contributed by atoms with Gasteiger partial charge in [0.25, 0.3) is 11.8 Å². The van der Waals surface area contributed by atoms with Crippen molar-refractivity contribution in [3.05, 3.63) is 125 Å². The van der Waals surface area contributed by atoms with Gasteiger partial charge in [-0.1, -0.05) is 54.6 Å². The summed E-state index contributed by atoms with van der Waals surface area (Å²) in [6.45, 7) is 5.04. The first kappa shape index (κ1) is 38.1. The minimum absolute atomic E-state index is 0.102. The van der Waals surface area contributed by atoms with Crippen molar-refractivity contribution in [2.75, 3.05) is 48.4 Å². The number of piperidine rings is 2. The molecule has 3 atom stereocenters. The molecule has 9 rings (SSSR count). The van der Waals surface area contributed by atoms with E-state index in [4.69, 9.17) is 11.6 Å². The summed E-state index contributed by atoms with van der Waals surface area (Å²) in [7, 11) is 0. The third-order valence-electron chi connectivity index (χ3n) is 12.9. The second-order valence-electron chi connectivity index (χ2n) is 16.4. The van der Waals surface area contributed by atoms with Crippen molar-refractivity contribution in [2.24, 2.45) is 5.92 Å². The number of rotatable bonds is 10. The summed E-state index contributed by atoms with van der Waals surface area (Å²) >= 11 is 6.37. The summed E-state index contributed by atoms with van der Waals surface area (Å²) in [6.07, 6.45) is 5.41. The van der Waals surface area contributed by atoms with E-state index in [1.807, 2.05) is 30.3 Å².